The average molecular weight is 442 g/mol. The van der Waals surface area contributed by atoms with E-state index in [1.54, 1.807) is 6.07 Å². The third-order valence-electron chi connectivity index (χ3n) is 6.86. The van der Waals surface area contributed by atoms with Gasteiger partial charge in [-0.25, -0.2) is 0 Å². The van der Waals surface area contributed by atoms with Crippen LogP contribution in [0.5, 0.6) is 0 Å². The topological polar surface area (TPSA) is 17.3 Å². The van der Waals surface area contributed by atoms with Gasteiger partial charge < -0.3 is 4.40 Å². The van der Waals surface area contributed by atoms with E-state index in [-0.39, 0.29) is 5.56 Å². The van der Waals surface area contributed by atoms with Gasteiger partial charge in [0, 0.05) is 57.6 Å². The van der Waals surface area contributed by atoms with Crippen molar-refractivity contribution in [1.29, 1.82) is 0 Å². The highest BCUT2D eigenvalue weighted by atomic mass is 32.1. The maximum absolute atomic E-state index is 7.65. The lowest BCUT2D eigenvalue weighted by Gasteiger charge is -2.04. The third kappa shape index (κ3) is 2.20. The van der Waals surface area contributed by atoms with E-state index < -0.39 is 6.85 Å². The molecule has 0 saturated carbocycles. The Kier molecular flexibility index (Phi) is 2.77. The number of benzene rings is 4. The highest BCUT2D eigenvalue weighted by molar-refractivity contribution is 7.26. The lowest BCUT2D eigenvalue weighted by atomic mass is 10.0. The quantitative estimate of drug-likeness (QED) is 0.249. The molecule has 0 aliphatic carbocycles. The van der Waals surface area contributed by atoms with E-state index in [0.29, 0.717) is 0 Å². The average Bonchev–Trinajstić information content (AvgIpc) is 3.53. The first-order valence-corrected chi connectivity index (χ1v) is 11.8. The number of nitrogens with zero attached hydrogens (tertiary/aromatic N) is 2. The second kappa shape index (κ2) is 6.09. The summed E-state index contributed by atoms with van der Waals surface area (Å²) in [5, 5.41) is 7.59. The molecule has 8 rings (SSSR count). The first-order valence-electron chi connectivity index (χ1n) is 12.5. The van der Waals surface area contributed by atoms with Gasteiger partial charge in [-0.15, -0.1) is 11.3 Å². The van der Waals surface area contributed by atoms with E-state index in [2.05, 4.69) is 82.2 Å². The first-order chi connectivity index (χ1) is 17.5. The highest BCUT2D eigenvalue weighted by Gasteiger charge is 2.22. The van der Waals surface area contributed by atoms with Gasteiger partial charge in [-0.05, 0) is 48.8 Å². The predicted molar refractivity (Wildman–Crippen MR) is 142 cm³/mol. The molecule has 4 aromatic heterocycles. The van der Waals surface area contributed by atoms with Crippen molar-refractivity contribution in [2.75, 3.05) is 0 Å². The Morgan fingerprint density at radius 1 is 0.727 bits per heavy atom. The van der Waals surface area contributed by atoms with Crippen LogP contribution in [0.15, 0.2) is 91.1 Å². The summed E-state index contributed by atoms with van der Waals surface area (Å²) in [4.78, 5) is 4.51. The molecule has 33 heavy (non-hydrogen) atoms. The maximum Gasteiger partial charge on any atom is 0.0702 e. The van der Waals surface area contributed by atoms with Crippen LogP contribution in [-0.2, 0) is 0 Å². The number of aryl methyl sites for hydroxylation is 1. The van der Waals surface area contributed by atoms with Crippen LogP contribution in [0.2, 0.25) is 0 Å². The molecule has 4 aromatic carbocycles. The summed E-state index contributed by atoms with van der Waals surface area (Å²) in [6.07, 6.45) is 1.47. The van der Waals surface area contributed by atoms with Crippen LogP contribution < -0.4 is 0 Å². The molecule has 0 saturated heterocycles. The monoisotopic (exact) mass is 441 g/mol. The van der Waals surface area contributed by atoms with Crippen LogP contribution in [0, 0.1) is 6.85 Å². The molecule has 0 atom stereocenters. The largest absolute Gasteiger partial charge is 0.308 e. The highest BCUT2D eigenvalue weighted by Crippen LogP contribution is 2.47. The number of pyridine rings is 1. The van der Waals surface area contributed by atoms with E-state index in [0.717, 1.165) is 11.3 Å². The molecule has 0 N–H and O–H groups in total. The normalized spacial score (nSPS) is 14.1. The van der Waals surface area contributed by atoms with Crippen LogP contribution in [0.25, 0.3) is 69.5 Å². The molecule has 0 radical (unpaired) electrons. The second-order valence-electron chi connectivity index (χ2n) is 8.64. The fraction of sp³-hybridized carbons (Fsp3) is 0.0333. The van der Waals surface area contributed by atoms with Gasteiger partial charge in [0.05, 0.1) is 22.2 Å². The van der Waals surface area contributed by atoms with Gasteiger partial charge >= 0.3 is 0 Å². The summed E-state index contributed by atoms with van der Waals surface area (Å²) in [7, 11) is 0. The zero-order chi connectivity index (χ0) is 24.2. The Morgan fingerprint density at radius 2 is 1.58 bits per heavy atom. The Bertz CT molecular complexity index is 2130. The third-order valence-corrected chi connectivity index (χ3v) is 7.98. The fourth-order valence-corrected chi connectivity index (χ4v) is 6.65. The lowest BCUT2D eigenvalue weighted by molar-refractivity contribution is 1.27. The van der Waals surface area contributed by atoms with Gasteiger partial charge in [-0.3, -0.25) is 4.98 Å². The van der Waals surface area contributed by atoms with Crippen molar-refractivity contribution < 1.29 is 4.11 Å². The van der Waals surface area contributed by atoms with Crippen molar-refractivity contribution in [3.63, 3.8) is 0 Å². The number of aromatic nitrogens is 2. The standard InChI is InChI=1S/C30H18N2S/c1-17-10-12-23(31-16-17)18-11-13-25-22(14-18)29-28-20-7-3-5-9-26(20)33-27(28)15-21-19-6-2-4-8-24(19)32(25)30(21)29/h2-16H,1H3/i1D3. The molecule has 0 amide bonds. The lowest BCUT2D eigenvalue weighted by Crippen LogP contribution is -1.85. The first kappa shape index (κ1) is 15.0. The molecule has 0 spiro atoms. The molecule has 8 aromatic rings. The Hall–Kier alpha value is -3.95. The van der Waals surface area contributed by atoms with E-state index in [4.69, 9.17) is 4.11 Å². The Morgan fingerprint density at radius 3 is 2.45 bits per heavy atom. The van der Waals surface area contributed by atoms with Crippen molar-refractivity contribution >= 4 is 69.6 Å². The smallest absolute Gasteiger partial charge is 0.0702 e. The molecule has 0 aliphatic rings. The minimum Gasteiger partial charge on any atom is -0.308 e. The van der Waals surface area contributed by atoms with Crippen LogP contribution in [0.4, 0.5) is 0 Å². The van der Waals surface area contributed by atoms with E-state index in [1.165, 1.54) is 64.5 Å². The molecular formula is C30H18N2S. The number of fused-ring (bicyclic) bond motifs is 10. The van der Waals surface area contributed by atoms with E-state index in [1.807, 2.05) is 17.4 Å². The number of para-hydroxylation sites is 1. The molecule has 0 bridgehead atoms. The summed E-state index contributed by atoms with van der Waals surface area (Å²) in [6, 6.07) is 29.6. The summed E-state index contributed by atoms with van der Waals surface area (Å²) in [5.41, 5.74) is 5.64. The Labute approximate surface area is 197 Å². The number of rotatable bonds is 1. The van der Waals surface area contributed by atoms with E-state index >= 15 is 0 Å². The van der Waals surface area contributed by atoms with Crippen LogP contribution in [0.1, 0.15) is 9.68 Å². The molecule has 0 unspecified atom stereocenters. The van der Waals surface area contributed by atoms with Gasteiger partial charge in [-0.1, -0.05) is 48.5 Å². The molecule has 4 heterocycles. The minimum absolute atomic E-state index is 0.256. The summed E-state index contributed by atoms with van der Waals surface area (Å²) in [5.74, 6) is 0. The molecule has 3 heteroatoms. The zero-order valence-corrected chi connectivity index (χ0v) is 18.3. The summed E-state index contributed by atoms with van der Waals surface area (Å²) < 4.78 is 27.9. The van der Waals surface area contributed by atoms with Crippen LogP contribution >= 0.6 is 11.3 Å². The predicted octanol–water partition coefficient (Wildman–Crippen LogP) is 8.58. The summed E-state index contributed by atoms with van der Waals surface area (Å²) >= 11 is 1.85. The van der Waals surface area contributed by atoms with Gasteiger partial charge in [0.1, 0.15) is 0 Å². The van der Waals surface area contributed by atoms with Crippen molar-refractivity contribution in [3.05, 3.63) is 96.7 Å². The molecule has 0 fully saturated rings. The SMILES string of the molecule is [2H]C([2H])([2H])c1ccc(-c2ccc3c(c2)c2c4c(cc5c6ccccc6n3c52)sc2ccccc24)nc1. The van der Waals surface area contributed by atoms with Crippen molar-refractivity contribution in [2.45, 2.75) is 6.85 Å². The number of hydrogen-bond donors (Lipinski definition) is 0. The van der Waals surface area contributed by atoms with Crippen molar-refractivity contribution in [2.24, 2.45) is 0 Å². The maximum atomic E-state index is 7.65. The number of hydrogen-bond acceptors (Lipinski definition) is 2. The van der Waals surface area contributed by atoms with Gasteiger partial charge in [0.25, 0.3) is 0 Å². The van der Waals surface area contributed by atoms with Crippen LogP contribution in [-0.4, -0.2) is 9.38 Å². The van der Waals surface area contributed by atoms with E-state index in [9.17, 15) is 0 Å². The molecule has 0 aliphatic heterocycles. The van der Waals surface area contributed by atoms with Gasteiger partial charge in [0.15, 0.2) is 0 Å². The minimum atomic E-state index is -2.16. The van der Waals surface area contributed by atoms with Gasteiger partial charge in [0.2, 0.25) is 0 Å². The van der Waals surface area contributed by atoms with Crippen molar-refractivity contribution in [3.8, 4) is 11.3 Å². The number of thiophene rings is 1. The van der Waals surface area contributed by atoms with Crippen molar-refractivity contribution in [1.82, 2.24) is 9.38 Å². The van der Waals surface area contributed by atoms with Crippen LogP contribution in [0.3, 0.4) is 0 Å². The Balaban J connectivity index is 1.53. The fourth-order valence-electron chi connectivity index (χ4n) is 5.50. The molecule has 2 nitrogen and oxygen atoms in total. The second-order valence-corrected chi connectivity index (χ2v) is 9.72. The summed E-state index contributed by atoms with van der Waals surface area (Å²) in [6.45, 7) is -2.16. The zero-order valence-electron chi connectivity index (χ0n) is 20.5. The molecular weight excluding hydrogens is 420 g/mol. The molecule has 154 valence electrons. The van der Waals surface area contributed by atoms with Gasteiger partial charge in [-0.2, -0.15) is 0 Å².